The van der Waals surface area contributed by atoms with Gasteiger partial charge in [0, 0.05) is 5.39 Å². The maximum atomic E-state index is 13.2. The normalized spacial score (nSPS) is 12.0. The molecule has 7 nitrogen and oxygen atoms in total. The van der Waals surface area contributed by atoms with Gasteiger partial charge in [0.05, 0.1) is 28.0 Å². The Morgan fingerprint density at radius 2 is 1.76 bits per heavy atom. The number of anilines is 1. The first-order valence-corrected chi connectivity index (χ1v) is 12.1. The summed E-state index contributed by atoms with van der Waals surface area (Å²) in [6, 6.07) is 6.19. The number of ketones is 1. The number of hydrogen-bond acceptors (Lipinski definition) is 7. The number of fused-ring (bicyclic) bond motifs is 1. The van der Waals surface area contributed by atoms with Gasteiger partial charge in [0.1, 0.15) is 11.3 Å². The molecule has 0 saturated heterocycles. The second-order valence-electron chi connectivity index (χ2n) is 8.27. The molecular weight excluding hydrogens is 452 g/mol. The lowest BCUT2D eigenvalue weighted by Crippen LogP contribution is -2.25. The number of carbonyl (C=O) groups is 3. The predicted molar refractivity (Wildman–Crippen MR) is 134 cm³/mol. The Hall–Kier alpha value is -3.13. The van der Waals surface area contributed by atoms with Crippen molar-refractivity contribution >= 4 is 46.2 Å². The Morgan fingerprint density at radius 3 is 2.38 bits per heavy atom. The molecule has 180 valence electrons. The van der Waals surface area contributed by atoms with Crippen molar-refractivity contribution < 1.29 is 23.5 Å². The fraction of sp³-hybridized carbons (Fsp3) is 0.385. The lowest BCUT2D eigenvalue weighted by atomic mass is 10.0. The summed E-state index contributed by atoms with van der Waals surface area (Å²) in [6.07, 6.45) is 0.524. The van der Waals surface area contributed by atoms with E-state index in [0.717, 1.165) is 27.1 Å². The molecule has 0 saturated carbocycles. The van der Waals surface area contributed by atoms with Gasteiger partial charge in [-0.25, -0.2) is 9.78 Å². The molecule has 1 atom stereocenters. The number of aryl methyl sites for hydroxylation is 4. The van der Waals surface area contributed by atoms with Crippen LogP contribution in [0.2, 0.25) is 0 Å². The summed E-state index contributed by atoms with van der Waals surface area (Å²) in [5.74, 6) is -1.21. The van der Waals surface area contributed by atoms with Crippen LogP contribution in [0.4, 0.5) is 5.88 Å². The second-order valence-corrected chi connectivity index (χ2v) is 9.50. The highest BCUT2D eigenvalue weighted by Crippen LogP contribution is 2.32. The third-order valence-electron chi connectivity index (χ3n) is 5.51. The Labute approximate surface area is 203 Å². The number of hydrogen-bond donors (Lipinski definition) is 1. The SMILES string of the molecule is CCOC(=O)c1c(NC(=O)C(CC)Sc2cc(C)c3cc(C)cc(C)c3n2)oc(C)c1C(C)=O. The summed E-state index contributed by atoms with van der Waals surface area (Å²) in [7, 11) is 0. The Bertz CT molecular complexity index is 1280. The third-order valence-corrected chi connectivity index (χ3v) is 6.79. The molecular formula is C26H30N2O5S. The lowest BCUT2D eigenvalue weighted by molar-refractivity contribution is -0.115. The summed E-state index contributed by atoms with van der Waals surface area (Å²) in [6.45, 7) is 12.7. The van der Waals surface area contributed by atoms with Crippen LogP contribution in [0.3, 0.4) is 0 Å². The topological polar surface area (TPSA) is 98.5 Å². The van der Waals surface area contributed by atoms with Crippen molar-refractivity contribution in [2.45, 2.75) is 65.2 Å². The fourth-order valence-electron chi connectivity index (χ4n) is 3.99. The number of benzene rings is 1. The summed E-state index contributed by atoms with van der Waals surface area (Å²) in [5.41, 5.74) is 4.34. The first-order chi connectivity index (χ1) is 16.1. The number of carbonyl (C=O) groups excluding carboxylic acids is 3. The number of furan rings is 1. The number of Topliss-reactive ketones (excluding diaryl/α,β-unsaturated/α-hetero) is 1. The first kappa shape index (κ1) is 25.5. The number of thioether (sulfide) groups is 1. The molecule has 1 unspecified atom stereocenters. The maximum Gasteiger partial charge on any atom is 0.344 e. The standard InChI is InChI=1S/C26H30N2O5S/c1-8-19(34-20-12-14(4)18-11-13(3)10-15(5)23(18)27-20)24(30)28-25-22(26(31)32-9-2)21(16(6)29)17(7)33-25/h10-12,19H,8-9H2,1-7H3,(H,28,30). The molecule has 3 rings (SSSR count). The minimum atomic E-state index is -0.710. The molecule has 1 amide bonds. The Morgan fingerprint density at radius 1 is 1.06 bits per heavy atom. The van der Waals surface area contributed by atoms with Crippen molar-refractivity contribution in [1.82, 2.24) is 4.98 Å². The molecule has 1 N–H and O–H groups in total. The molecule has 1 aromatic carbocycles. The molecule has 0 bridgehead atoms. The number of esters is 1. The van der Waals surface area contributed by atoms with Crippen LogP contribution in [-0.2, 0) is 9.53 Å². The van der Waals surface area contributed by atoms with E-state index in [2.05, 4.69) is 24.4 Å². The van der Waals surface area contributed by atoms with Gasteiger partial charge in [0.25, 0.3) is 0 Å². The number of rotatable bonds is 8. The largest absolute Gasteiger partial charge is 0.462 e. The van der Waals surface area contributed by atoms with Crippen LogP contribution in [0.1, 0.15) is 70.4 Å². The number of aromatic nitrogens is 1. The van der Waals surface area contributed by atoms with E-state index in [9.17, 15) is 14.4 Å². The molecule has 2 aromatic heterocycles. The van der Waals surface area contributed by atoms with Gasteiger partial charge in [-0.2, -0.15) is 0 Å². The van der Waals surface area contributed by atoms with Gasteiger partial charge < -0.3 is 9.15 Å². The van der Waals surface area contributed by atoms with Gasteiger partial charge >= 0.3 is 5.97 Å². The molecule has 0 spiro atoms. The number of pyridine rings is 1. The minimum absolute atomic E-state index is 0.0503. The van der Waals surface area contributed by atoms with Crippen LogP contribution in [0.25, 0.3) is 10.9 Å². The number of nitrogens with zero attached hydrogens (tertiary/aromatic N) is 1. The number of amides is 1. The molecule has 0 aliphatic rings. The molecule has 2 heterocycles. The minimum Gasteiger partial charge on any atom is -0.462 e. The van der Waals surface area contributed by atoms with E-state index in [1.807, 2.05) is 26.8 Å². The van der Waals surface area contributed by atoms with Gasteiger partial charge in [-0.05, 0) is 71.2 Å². The van der Waals surface area contributed by atoms with Gasteiger partial charge in [-0.15, -0.1) is 0 Å². The average Bonchev–Trinajstić information content (AvgIpc) is 3.08. The van der Waals surface area contributed by atoms with Gasteiger partial charge in [-0.1, -0.05) is 30.3 Å². The summed E-state index contributed by atoms with van der Waals surface area (Å²) < 4.78 is 10.7. The van der Waals surface area contributed by atoms with Crippen molar-refractivity contribution in [2.24, 2.45) is 0 Å². The molecule has 0 aliphatic carbocycles. The van der Waals surface area contributed by atoms with Gasteiger partial charge in [0.2, 0.25) is 11.8 Å². The van der Waals surface area contributed by atoms with E-state index >= 15 is 0 Å². The number of ether oxygens (including phenoxy) is 1. The Balaban J connectivity index is 1.91. The fourth-order valence-corrected chi connectivity index (χ4v) is 5.00. The van der Waals surface area contributed by atoms with Crippen LogP contribution in [0.5, 0.6) is 0 Å². The van der Waals surface area contributed by atoms with E-state index in [4.69, 9.17) is 14.1 Å². The predicted octanol–water partition coefficient (Wildman–Crippen LogP) is 5.95. The second kappa shape index (κ2) is 10.4. The van der Waals surface area contributed by atoms with Gasteiger partial charge in [-0.3, -0.25) is 14.9 Å². The molecule has 0 radical (unpaired) electrons. The third kappa shape index (κ3) is 5.17. The van der Waals surface area contributed by atoms with Crippen molar-refractivity contribution in [3.63, 3.8) is 0 Å². The van der Waals surface area contributed by atoms with E-state index in [1.54, 1.807) is 13.8 Å². The highest BCUT2D eigenvalue weighted by molar-refractivity contribution is 8.00. The van der Waals surface area contributed by atoms with Crippen molar-refractivity contribution in [2.75, 3.05) is 11.9 Å². The van der Waals surface area contributed by atoms with E-state index in [1.165, 1.54) is 24.2 Å². The van der Waals surface area contributed by atoms with Crippen molar-refractivity contribution in [3.8, 4) is 0 Å². The van der Waals surface area contributed by atoms with Crippen molar-refractivity contribution in [1.29, 1.82) is 0 Å². The molecule has 34 heavy (non-hydrogen) atoms. The average molecular weight is 483 g/mol. The number of nitrogens with one attached hydrogen (secondary N) is 1. The van der Waals surface area contributed by atoms with Crippen molar-refractivity contribution in [3.05, 3.63) is 51.8 Å². The van der Waals surface area contributed by atoms with E-state index < -0.39 is 11.2 Å². The molecule has 0 aliphatic heterocycles. The zero-order chi connectivity index (χ0) is 25.2. The zero-order valence-corrected chi connectivity index (χ0v) is 21.4. The summed E-state index contributed by atoms with van der Waals surface area (Å²) in [5, 5.41) is 4.05. The van der Waals surface area contributed by atoms with E-state index in [0.29, 0.717) is 6.42 Å². The maximum absolute atomic E-state index is 13.2. The van der Waals surface area contributed by atoms with Crippen LogP contribution in [0, 0.1) is 27.7 Å². The highest BCUT2D eigenvalue weighted by Gasteiger charge is 2.30. The summed E-state index contributed by atoms with van der Waals surface area (Å²) in [4.78, 5) is 42.6. The first-order valence-electron chi connectivity index (χ1n) is 11.2. The monoisotopic (exact) mass is 482 g/mol. The van der Waals surface area contributed by atoms with Crippen LogP contribution >= 0.6 is 11.8 Å². The lowest BCUT2D eigenvalue weighted by Gasteiger charge is -2.15. The summed E-state index contributed by atoms with van der Waals surface area (Å²) >= 11 is 1.35. The van der Waals surface area contributed by atoms with Gasteiger partial charge in [0.15, 0.2) is 5.78 Å². The quantitative estimate of drug-likeness (QED) is 0.241. The molecule has 8 heteroatoms. The van der Waals surface area contributed by atoms with Crippen LogP contribution < -0.4 is 5.32 Å². The smallest absolute Gasteiger partial charge is 0.344 e. The van der Waals surface area contributed by atoms with Crippen LogP contribution in [-0.4, -0.2) is 34.5 Å². The molecule has 0 fully saturated rings. The Kier molecular flexibility index (Phi) is 7.82. The van der Waals surface area contributed by atoms with Crippen LogP contribution in [0.15, 0.2) is 27.6 Å². The molecule has 3 aromatic rings. The highest BCUT2D eigenvalue weighted by atomic mass is 32.2. The zero-order valence-electron chi connectivity index (χ0n) is 20.6. The van der Waals surface area contributed by atoms with E-state index in [-0.39, 0.29) is 41.1 Å².